The maximum atomic E-state index is 2.39. The first-order valence-corrected chi connectivity index (χ1v) is 13.1. The number of rotatable bonds is 5. The van der Waals surface area contributed by atoms with Gasteiger partial charge in [0.2, 0.25) is 0 Å². The van der Waals surface area contributed by atoms with Crippen LogP contribution in [0.5, 0.6) is 0 Å². The molecule has 0 spiro atoms. The minimum Gasteiger partial charge on any atom is -0.0622 e. The van der Waals surface area contributed by atoms with Crippen molar-refractivity contribution in [2.45, 2.75) is 5.92 Å². The summed E-state index contributed by atoms with van der Waals surface area (Å²) in [7, 11) is -0.687. The molecule has 0 saturated heterocycles. The molecule has 1 atom stereocenters. The summed E-state index contributed by atoms with van der Waals surface area (Å²) >= 11 is 0. The van der Waals surface area contributed by atoms with Crippen LogP contribution in [-0.4, -0.2) is 0 Å². The molecule has 1 unspecified atom stereocenters. The highest BCUT2D eigenvalue weighted by Gasteiger charge is 2.31. The van der Waals surface area contributed by atoms with E-state index < -0.39 is 7.92 Å². The molecule has 0 radical (unpaired) electrons. The van der Waals surface area contributed by atoms with Gasteiger partial charge in [-0.2, -0.15) is 0 Å². The fourth-order valence-corrected chi connectivity index (χ4v) is 7.55. The topological polar surface area (TPSA) is 0 Å². The van der Waals surface area contributed by atoms with Crippen LogP contribution in [0.15, 0.2) is 140 Å². The summed E-state index contributed by atoms with van der Waals surface area (Å²) in [6.45, 7) is 0. The zero-order valence-corrected chi connectivity index (χ0v) is 19.8. The van der Waals surface area contributed by atoms with Crippen LogP contribution in [0.2, 0.25) is 0 Å². The van der Waals surface area contributed by atoms with Crippen LogP contribution in [0.25, 0.3) is 11.6 Å². The Morgan fingerprint density at radius 1 is 0.441 bits per heavy atom. The third-order valence-electron chi connectivity index (χ3n) is 6.55. The van der Waals surface area contributed by atoms with Crippen LogP contribution in [0.4, 0.5) is 0 Å². The summed E-state index contributed by atoms with van der Waals surface area (Å²) in [5, 5.41) is 4.19. The van der Waals surface area contributed by atoms with Crippen molar-refractivity contribution in [1.82, 2.24) is 0 Å². The fraction of sp³-hybridized carbons (Fsp3) is 0.0303. The molecular weight excluding hydrogens is 427 g/mol. The van der Waals surface area contributed by atoms with Crippen molar-refractivity contribution in [3.63, 3.8) is 0 Å². The van der Waals surface area contributed by atoms with Crippen molar-refractivity contribution < 1.29 is 0 Å². The standard InChI is InChI=1S/C33H25P/c1-4-14-25(15-5-1)31-24-26-16-10-11-21-29(26)33(31)30-22-12-13-23-32(30)34(27-17-6-2-7-18-27)28-19-8-3-9-20-28/h1-24,33H. The summed E-state index contributed by atoms with van der Waals surface area (Å²) < 4.78 is 0. The lowest BCUT2D eigenvalue weighted by Crippen LogP contribution is -2.24. The van der Waals surface area contributed by atoms with Gasteiger partial charge in [-0.15, -0.1) is 0 Å². The van der Waals surface area contributed by atoms with Gasteiger partial charge in [-0.3, -0.25) is 0 Å². The Bertz CT molecular complexity index is 1400. The molecule has 0 aliphatic heterocycles. The molecule has 0 bridgehead atoms. The van der Waals surface area contributed by atoms with Gasteiger partial charge in [-0.05, 0) is 57.7 Å². The quantitative estimate of drug-likeness (QED) is 0.249. The van der Waals surface area contributed by atoms with E-state index in [9.17, 15) is 0 Å². The molecule has 1 heteroatoms. The Morgan fingerprint density at radius 2 is 0.941 bits per heavy atom. The van der Waals surface area contributed by atoms with E-state index in [0.717, 1.165) is 0 Å². The minimum atomic E-state index is -0.687. The molecule has 0 nitrogen and oxygen atoms in total. The average Bonchev–Trinajstić information content (AvgIpc) is 3.31. The van der Waals surface area contributed by atoms with E-state index >= 15 is 0 Å². The summed E-state index contributed by atoms with van der Waals surface area (Å²) in [5.74, 6) is 0.215. The molecule has 0 amide bonds. The third-order valence-corrected chi connectivity index (χ3v) is 9.07. The summed E-state index contributed by atoms with van der Waals surface area (Å²) in [5.41, 5.74) is 6.80. The molecule has 5 aromatic rings. The van der Waals surface area contributed by atoms with Crippen LogP contribution in [0, 0.1) is 0 Å². The normalized spacial score (nSPS) is 14.6. The number of hydrogen-bond donors (Lipinski definition) is 0. The Hall–Kier alpha value is -3.73. The predicted octanol–water partition coefficient (Wildman–Crippen LogP) is 7.13. The van der Waals surface area contributed by atoms with Crippen LogP contribution < -0.4 is 15.9 Å². The molecule has 6 rings (SSSR count). The van der Waals surface area contributed by atoms with Crippen molar-refractivity contribution in [1.29, 1.82) is 0 Å². The Labute approximate surface area is 203 Å². The molecule has 34 heavy (non-hydrogen) atoms. The Balaban J connectivity index is 1.58. The molecule has 0 fully saturated rings. The van der Waals surface area contributed by atoms with Gasteiger partial charge in [-0.25, -0.2) is 0 Å². The van der Waals surface area contributed by atoms with Crippen molar-refractivity contribution in [2.24, 2.45) is 0 Å². The number of hydrogen-bond acceptors (Lipinski definition) is 0. The van der Waals surface area contributed by atoms with Gasteiger partial charge in [0.05, 0.1) is 0 Å². The number of fused-ring (bicyclic) bond motifs is 1. The van der Waals surface area contributed by atoms with Crippen molar-refractivity contribution in [2.75, 3.05) is 0 Å². The first-order chi connectivity index (χ1) is 16.9. The van der Waals surface area contributed by atoms with Crippen LogP contribution in [0.3, 0.4) is 0 Å². The second-order valence-corrected chi connectivity index (χ2v) is 10.8. The molecular formula is C33H25P. The monoisotopic (exact) mass is 452 g/mol. The molecule has 0 N–H and O–H groups in total. The number of allylic oxidation sites excluding steroid dienone is 1. The molecule has 0 aromatic heterocycles. The highest BCUT2D eigenvalue weighted by Crippen LogP contribution is 2.47. The molecule has 1 aliphatic carbocycles. The summed E-state index contributed by atoms with van der Waals surface area (Å²) in [4.78, 5) is 0. The zero-order chi connectivity index (χ0) is 22.7. The maximum Gasteiger partial charge on any atom is 0.0358 e. The van der Waals surface area contributed by atoms with Gasteiger partial charge in [0.25, 0.3) is 0 Å². The van der Waals surface area contributed by atoms with E-state index in [2.05, 4.69) is 146 Å². The highest BCUT2D eigenvalue weighted by molar-refractivity contribution is 7.79. The van der Waals surface area contributed by atoms with Crippen LogP contribution in [0.1, 0.15) is 28.2 Å². The Kier molecular flexibility index (Phi) is 5.68. The van der Waals surface area contributed by atoms with Gasteiger partial charge in [0.1, 0.15) is 0 Å². The second-order valence-electron chi connectivity index (χ2n) is 8.59. The Morgan fingerprint density at radius 3 is 1.59 bits per heavy atom. The largest absolute Gasteiger partial charge is 0.0622 e. The van der Waals surface area contributed by atoms with Gasteiger partial charge >= 0.3 is 0 Å². The van der Waals surface area contributed by atoms with Crippen LogP contribution >= 0.6 is 7.92 Å². The first-order valence-electron chi connectivity index (χ1n) is 11.8. The van der Waals surface area contributed by atoms with Crippen molar-refractivity contribution in [3.05, 3.63) is 162 Å². The smallest absolute Gasteiger partial charge is 0.0358 e. The van der Waals surface area contributed by atoms with E-state index in [4.69, 9.17) is 0 Å². The van der Waals surface area contributed by atoms with E-state index in [0.29, 0.717) is 0 Å². The van der Waals surface area contributed by atoms with Gasteiger partial charge < -0.3 is 0 Å². The van der Waals surface area contributed by atoms with Gasteiger partial charge in [0, 0.05) is 5.92 Å². The third kappa shape index (κ3) is 3.81. The highest BCUT2D eigenvalue weighted by atomic mass is 31.1. The minimum absolute atomic E-state index is 0.215. The zero-order valence-electron chi connectivity index (χ0n) is 18.9. The van der Waals surface area contributed by atoms with E-state index in [-0.39, 0.29) is 5.92 Å². The summed E-state index contributed by atoms with van der Waals surface area (Å²) in [6.07, 6.45) is 2.39. The molecule has 0 heterocycles. The van der Waals surface area contributed by atoms with E-state index in [1.54, 1.807) is 0 Å². The lowest BCUT2D eigenvalue weighted by atomic mass is 9.85. The van der Waals surface area contributed by atoms with Crippen molar-refractivity contribution in [3.8, 4) is 0 Å². The lowest BCUT2D eigenvalue weighted by molar-refractivity contribution is 1.08. The van der Waals surface area contributed by atoms with Crippen LogP contribution in [-0.2, 0) is 0 Å². The van der Waals surface area contributed by atoms with Gasteiger partial charge in [0.15, 0.2) is 0 Å². The summed E-state index contributed by atoms with van der Waals surface area (Å²) in [6, 6.07) is 50.8. The average molecular weight is 453 g/mol. The predicted molar refractivity (Wildman–Crippen MR) is 148 cm³/mol. The van der Waals surface area contributed by atoms with E-state index in [1.807, 2.05) is 0 Å². The van der Waals surface area contributed by atoms with Gasteiger partial charge in [-0.1, -0.05) is 140 Å². The fourth-order valence-electron chi connectivity index (χ4n) is 5.06. The molecule has 1 aliphatic rings. The SMILES string of the molecule is C1=C(c2ccccc2)C(c2ccccc2P(c2ccccc2)c2ccccc2)c2ccccc21. The second kappa shape index (κ2) is 9.26. The van der Waals surface area contributed by atoms with E-state index in [1.165, 1.54) is 43.7 Å². The molecule has 0 saturated carbocycles. The maximum absolute atomic E-state index is 2.39. The first kappa shape index (κ1) is 20.8. The molecule has 5 aromatic carbocycles. The van der Waals surface area contributed by atoms with Crippen molar-refractivity contribution >= 4 is 35.5 Å². The molecule has 162 valence electrons. The lowest BCUT2D eigenvalue weighted by Gasteiger charge is -2.27. The number of benzene rings is 5.